The molecule has 1 unspecified atom stereocenters. The van der Waals surface area contributed by atoms with Gasteiger partial charge >= 0.3 is 0 Å². The van der Waals surface area contributed by atoms with Gasteiger partial charge in [-0.2, -0.15) is 0 Å². The van der Waals surface area contributed by atoms with E-state index in [0.717, 1.165) is 5.56 Å². The topological polar surface area (TPSA) is 42.4 Å². The first kappa shape index (κ1) is 13.1. The Kier molecular flexibility index (Phi) is 3.70. The summed E-state index contributed by atoms with van der Waals surface area (Å²) in [6.45, 7) is 0. The molecule has 0 bridgehead atoms. The molecule has 1 heterocycles. The lowest BCUT2D eigenvalue weighted by Crippen LogP contribution is -2.03. The molecule has 3 rings (SSSR count). The summed E-state index contributed by atoms with van der Waals surface area (Å²) in [7, 11) is 1.59. The Bertz CT molecular complexity index is 592. The van der Waals surface area contributed by atoms with Gasteiger partial charge < -0.3 is 9.84 Å². The fourth-order valence-corrected chi connectivity index (χ4v) is 2.80. The molecule has 2 aromatic rings. The van der Waals surface area contributed by atoms with Crippen molar-refractivity contribution < 1.29 is 9.84 Å². The minimum absolute atomic E-state index is 0.521. The molecule has 1 aromatic carbocycles. The van der Waals surface area contributed by atoms with Gasteiger partial charge in [0.1, 0.15) is 0 Å². The highest BCUT2D eigenvalue weighted by Crippen LogP contribution is 2.25. The van der Waals surface area contributed by atoms with Crippen LogP contribution in [0.2, 0.25) is 0 Å². The van der Waals surface area contributed by atoms with Crippen LogP contribution in [0.5, 0.6) is 5.88 Å². The molecule has 0 radical (unpaired) electrons. The number of aliphatic hydroxyl groups is 1. The van der Waals surface area contributed by atoms with Crippen LogP contribution >= 0.6 is 0 Å². The van der Waals surface area contributed by atoms with Gasteiger partial charge in [0.05, 0.1) is 13.2 Å². The molecule has 0 fully saturated rings. The van der Waals surface area contributed by atoms with E-state index < -0.39 is 6.10 Å². The minimum Gasteiger partial charge on any atom is -0.481 e. The van der Waals surface area contributed by atoms with E-state index in [2.05, 4.69) is 23.2 Å². The molecule has 1 aromatic heterocycles. The molecule has 0 saturated heterocycles. The van der Waals surface area contributed by atoms with Gasteiger partial charge in [-0.3, -0.25) is 0 Å². The molecule has 1 aliphatic carbocycles. The fourth-order valence-electron chi connectivity index (χ4n) is 2.80. The quantitative estimate of drug-likeness (QED) is 0.928. The summed E-state index contributed by atoms with van der Waals surface area (Å²) >= 11 is 0. The van der Waals surface area contributed by atoms with Gasteiger partial charge in [0.2, 0.25) is 5.88 Å². The van der Waals surface area contributed by atoms with Gasteiger partial charge in [0.25, 0.3) is 0 Å². The summed E-state index contributed by atoms with van der Waals surface area (Å²) in [6.07, 6.45) is 5.40. The first-order chi connectivity index (χ1) is 9.76. The zero-order chi connectivity index (χ0) is 13.9. The highest BCUT2D eigenvalue weighted by Gasteiger charge is 2.14. The maximum absolute atomic E-state index is 10.3. The molecule has 0 spiro atoms. The van der Waals surface area contributed by atoms with Crippen LogP contribution in [0.15, 0.2) is 36.5 Å². The highest BCUT2D eigenvalue weighted by molar-refractivity contribution is 5.36. The number of nitrogens with zero attached hydrogens (tertiary/aromatic N) is 1. The number of benzene rings is 1. The van der Waals surface area contributed by atoms with Crippen molar-refractivity contribution in [2.75, 3.05) is 7.11 Å². The molecule has 3 nitrogen and oxygen atoms in total. The van der Waals surface area contributed by atoms with Crippen molar-refractivity contribution in [2.24, 2.45) is 0 Å². The molecule has 20 heavy (non-hydrogen) atoms. The summed E-state index contributed by atoms with van der Waals surface area (Å²) in [5.41, 5.74) is 4.93. The Hall–Kier alpha value is -1.87. The molecular formula is C17H19NO2. The maximum Gasteiger partial charge on any atom is 0.212 e. The van der Waals surface area contributed by atoms with E-state index in [9.17, 15) is 5.11 Å². The maximum atomic E-state index is 10.3. The van der Waals surface area contributed by atoms with Crippen LogP contribution < -0.4 is 4.74 Å². The fraction of sp³-hybridized carbons (Fsp3) is 0.353. The average Bonchev–Trinajstić information content (AvgIpc) is 2.95. The first-order valence-electron chi connectivity index (χ1n) is 7.05. The summed E-state index contributed by atoms with van der Waals surface area (Å²) in [5.74, 6) is 0.568. The van der Waals surface area contributed by atoms with Crippen molar-refractivity contribution in [1.82, 2.24) is 4.98 Å². The SMILES string of the molecule is COc1ccc(C(O)Cc2ccc3c(c2)CCC3)cn1. The number of aliphatic hydroxyl groups excluding tert-OH is 1. The van der Waals surface area contributed by atoms with E-state index in [1.54, 1.807) is 19.4 Å². The molecule has 0 aliphatic heterocycles. The Morgan fingerprint density at radius 3 is 2.80 bits per heavy atom. The smallest absolute Gasteiger partial charge is 0.212 e. The van der Waals surface area contributed by atoms with Crippen LogP contribution in [0.3, 0.4) is 0 Å². The number of hydrogen-bond donors (Lipinski definition) is 1. The normalized spacial score (nSPS) is 14.9. The van der Waals surface area contributed by atoms with E-state index in [0.29, 0.717) is 12.3 Å². The van der Waals surface area contributed by atoms with Crippen LogP contribution in [0, 0.1) is 0 Å². The van der Waals surface area contributed by atoms with Gasteiger partial charge in [-0.1, -0.05) is 18.2 Å². The van der Waals surface area contributed by atoms with Crippen molar-refractivity contribution in [1.29, 1.82) is 0 Å². The molecule has 104 valence electrons. The summed E-state index contributed by atoms with van der Waals surface area (Å²) in [4.78, 5) is 4.14. The van der Waals surface area contributed by atoms with Crippen molar-refractivity contribution in [3.63, 3.8) is 0 Å². The van der Waals surface area contributed by atoms with Gasteiger partial charge in [-0.15, -0.1) is 0 Å². The van der Waals surface area contributed by atoms with Crippen LogP contribution in [0.4, 0.5) is 0 Å². The second-order valence-corrected chi connectivity index (χ2v) is 5.31. The number of aromatic nitrogens is 1. The number of fused-ring (bicyclic) bond motifs is 1. The minimum atomic E-state index is -0.521. The van der Waals surface area contributed by atoms with Crippen molar-refractivity contribution in [3.8, 4) is 5.88 Å². The number of ether oxygens (including phenoxy) is 1. The summed E-state index contributed by atoms with van der Waals surface area (Å²) in [6, 6.07) is 10.2. The standard InChI is InChI=1S/C17H19NO2/c1-20-17-8-7-15(11-18-17)16(19)10-12-5-6-13-3-2-4-14(13)9-12/h5-9,11,16,19H,2-4,10H2,1H3. The van der Waals surface area contributed by atoms with E-state index in [-0.39, 0.29) is 0 Å². The lowest BCUT2D eigenvalue weighted by atomic mass is 9.99. The van der Waals surface area contributed by atoms with E-state index in [1.165, 1.54) is 36.0 Å². The molecule has 0 saturated carbocycles. The van der Waals surface area contributed by atoms with Crippen molar-refractivity contribution in [3.05, 3.63) is 58.8 Å². The van der Waals surface area contributed by atoms with Crippen molar-refractivity contribution >= 4 is 0 Å². The highest BCUT2D eigenvalue weighted by atomic mass is 16.5. The summed E-state index contributed by atoms with van der Waals surface area (Å²) < 4.78 is 5.02. The molecular weight excluding hydrogens is 250 g/mol. The monoisotopic (exact) mass is 269 g/mol. The Morgan fingerprint density at radius 1 is 1.20 bits per heavy atom. The molecule has 1 aliphatic rings. The largest absolute Gasteiger partial charge is 0.481 e. The first-order valence-corrected chi connectivity index (χ1v) is 7.05. The number of pyridine rings is 1. The number of methoxy groups -OCH3 is 1. The van der Waals surface area contributed by atoms with E-state index in [4.69, 9.17) is 4.74 Å². The third-order valence-electron chi connectivity index (χ3n) is 3.95. The molecule has 0 amide bonds. The van der Waals surface area contributed by atoms with Crippen LogP contribution in [0.1, 0.15) is 34.8 Å². The number of rotatable bonds is 4. The second kappa shape index (κ2) is 5.63. The van der Waals surface area contributed by atoms with Crippen LogP contribution in [-0.4, -0.2) is 17.2 Å². The summed E-state index contributed by atoms with van der Waals surface area (Å²) in [5, 5.41) is 10.3. The van der Waals surface area contributed by atoms with Gasteiger partial charge in [-0.25, -0.2) is 4.98 Å². The zero-order valence-electron chi connectivity index (χ0n) is 11.7. The predicted molar refractivity (Wildman–Crippen MR) is 77.9 cm³/mol. The van der Waals surface area contributed by atoms with Crippen LogP contribution in [0.25, 0.3) is 0 Å². The molecule has 1 atom stereocenters. The number of aryl methyl sites for hydroxylation is 2. The lowest BCUT2D eigenvalue weighted by Gasteiger charge is -2.12. The Morgan fingerprint density at radius 2 is 2.05 bits per heavy atom. The number of hydrogen-bond acceptors (Lipinski definition) is 3. The lowest BCUT2D eigenvalue weighted by molar-refractivity contribution is 0.178. The zero-order valence-corrected chi connectivity index (χ0v) is 11.7. The van der Waals surface area contributed by atoms with Gasteiger partial charge in [0.15, 0.2) is 0 Å². The van der Waals surface area contributed by atoms with Gasteiger partial charge in [-0.05, 0) is 47.6 Å². The van der Waals surface area contributed by atoms with E-state index >= 15 is 0 Å². The van der Waals surface area contributed by atoms with Crippen molar-refractivity contribution in [2.45, 2.75) is 31.8 Å². The van der Waals surface area contributed by atoms with E-state index in [1.807, 2.05) is 6.07 Å². The Balaban J connectivity index is 1.73. The Labute approximate surface area is 119 Å². The third-order valence-corrected chi connectivity index (χ3v) is 3.95. The molecule has 1 N–H and O–H groups in total. The van der Waals surface area contributed by atoms with Crippen LogP contribution in [-0.2, 0) is 19.3 Å². The third kappa shape index (κ3) is 2.68. The van der Waals surface area contributed by atoms with Gasteiger partial charge in [0, 0.05) is 18.7 Å². The molecule has 3 heteroatoms. The average molecular weight is 269 g/mol. The predicted octanol–water partition coefficient (Wildman–Crippen LogP) is 2.86. The second-order valence-electron chi connectivity index (χ2n) is 5.31.